The normalized spacial score (nSPS) is 14.8. The predicted molar refractivity (Wildman–Crippen MR) is 114 cm³/mol. The molecule has 3 aromatic rings. The summed E-state index contributed by atoms with van der Waals surface area (Å²) in [6.07, 6.45) is 3.67. The first-order valence-corrected chi connectivity index (χ1v) is 10.1. The molecule has 1 N–H and O–H groups in total. The Morgan fingerprint density at radius 1 is 1.03 bits per heavy atom. The number of nitrogens with one attached hydrogen (secondary N) is 1. The maximum absolute atomic E-state index is 13.5. The lowest BCUT2D eigenvalue weighted by Crippen LogP contribution is -2.37. The largest absolute Gasteiger partial charge is 0.328 e. The summed E-state index contributed by atoms with van der Waals surface area (Å²) in [6, 6.07) is 9.43. The number of hydrogen-bond acceptors (Lipinski definition) is 3. The number of nitrogens with zero attached hydrogens (tertiary/aromatic N) is 2. The second-order valence-corrected chi connectivity index (χ2v) is 7.78. The highest BCUT2D eigenvalue weighted by Crippen LogP contribution is 2.23. The van der Waals surface area contributed by atoms with Crippen molar-refractivity contribution in [2.75, 3.05) is 19.6 Å². The Kier molecular flexibility index (Phi) is 5.83. The van der Waals surface area contributed by atoms with Gasteiger partial charge in [0.2, 0.25) is 0 Å². The van der Waals surface area contributed by atoms with Crippen molar-refractivity contribution in [3.63, 3.8) is 0 Å². The van der Waals surface area contributed by atoms with Crippen LogP contribution in [0.5, 0.6) is 0 Å². The minimum absolute atomic E-state index is 0.00366. The van der Waals surface area contributed by atoms with Crippen LogP contribution in [0.4, 0.5) is 8.78 Å². The summed E-state index contributed by atoms with van der Waals surface area (Å²) in [6.45, 7) is 2.58. The van der Waals surface area contributed by atoms with E-state index in [1.165, 1.54) is 5.57 Å². The number of halogens is 3. The van der Waals surface area contributed by atoms with Crippen LogP contribution in [0.25, 0.3) is 16.5 Å². The number of benzene rings is 2. The highest BCUT2D eigenvalue weighted by Gasteiger charge is 2.15. The average molecular weight is 432 g/mol. The van der Waals surface area contributed by atoms with E-state index in [1.54, 1.807) is 0 Å². The van der Waals surface area contributed by atoms with Crippen molar-refractivity contribution in [3.8, 4) is 0 Å². The van der Waals surface area contributed by atoms with Crippen LogP contribution in [0, 0.1) is 11.6 Å². The summed E-state index contributed by atoms with van der Waals surface area (Å²) < 4.78 is 27.9. The molecular formula is C22H20ClF2N3O2. The van der Waals surface area contributed by atoms with E-state index in [0.717, 1.165) is 41.8 Å². The highest BCUT2D eigenvalue weighted by molar-refractivity contribution is 6.30. The number of hydrogen-bond donors (Lipinski definition) is 1. The SMILES string of the molecule is O=c1[nH]c2cc(F)c(F)cc2c(=O)n1CCCN1CC=C(c2ccc(Cl)cc2)CC1. The van der Waals surface area contributed by atoms with Gasteiger partial charge >= 0.3 is 5.69 Å². The maximum atomic E-state index is 13.5. The minimum atomic E-state index is -1.12. The van der Waals surface area contributed by atoms with Gasteiger partial charge in [-0.05, 0) is 42.2 Å². The zero-order valence-corrected chi connectivity index (χ0v) is 16.9. The Labute approximate surface area is 176 Å². The van der Waals surface area contributed by atoms with Gasteiger partial charge in [0.25, 0.3) is 5.56 Å². The summed E-state index contributed by atoms with van der Waals surface area (Å²) in [7, 11) is 0. The monoisotopic (exact) mass is 431 g/mol. The molecule has 1 aliphatic rings. The van der Waals surface area contributed by atoms with E-state index < -0.39 is 22.9 Å². The summed E-state index contributed by atoms with van der Waals surface area (Å²) in [5.41, 5.74) is 1.20. The zero-order valence-electron chi connectivity index (χ0n) is 16.1. The molecule has 1 aliphatic heterocycles. The molecule has 0 saturated carbocycles. The van der Waals surface area contributed by atoms with Crippen molar-refractivity contribution in [2.24, 2.45) is 0 Å². The third-order valence-electron chi connectivity index (χ3n) is 5.39. The van der Waals surface area contributed by atoms with Gasteiger partial charge in [-0.25, -0.2) is 13.6 Å². The van der Waals surface area contributed by atoms with Crippen LogP contribution < -0.4 is 11.2 Å². The van der Waals surface area contributed by atoms with E-state index in [2.05, 4.69) is 16.0 Å². The van der Waals surface area contributed by atoms with Crippen LogP contribution >= 0.6 is 11.6 Å². The Balaban J connectivity index is 1.41. The molecule has 0 amide bonds. The van der Waals surface area contributed by atoms with E-state index in [0.29, 0.717) is 18.0 Å². The first-order chi connectivity index (χ1) is 14.4. The first-order valence-electron chi connectivity index (χ1n) is 9.71. The van der Waals surface area contributed by atoms with Crippen LogP contribution in [0.3, 0.4) is 0 Å². The molecule has 30 heavy (non-hydrogen) atoms. The van der Waals surface area contributed by atoms with Crippen LogP contribution in [0.2, 0.25) is 5.02 Å². The van der Waals surface area contributed by atoms with Crippen molar-refractivity contribution < 1.29 is 8.78 Å². The Morgan fingerprint density at radius 3 is 2.47 bits per heavy atom. The zero-order chi connectivity index (χ0) is 21.3. The summed E-state index contributed by atoms with van der Waals surface area (Å²) in [4.78, 5) is 29.5. The number of rotatable bonds is 5. The molecule has 0 atom stereocenters. The lowest BCUT2D eigenvalue weighted by atomic mass is 9.99. The third-order valence-corrected chi connectivity index (χ3v) is 5.64. The Hall–Kier alpha value is -2.77. The number of aromatic nitrogens is 2. The molecule has 156 valence electrons. The van der Waals surface area contributed by atoms with Crippen molar-refractivity contribution in [1.82, 2.24) is 14.5 Å². The fraction of sp³-hybridized carbons (Fsp3) is 0.273. The molecule has 0 bridgehead atoms. The Morgan fingerprint density at radius 2 is 1.77 bits per heavy atom. The molecule has 8 heteroatoms. The van der Waals surface area contributed by atoms with Gasteiger partial charge in [-0.15, -0.1) is 0 Å². The fourth-order valence-corrected chi connectivity index (χ4v) is 3.87. The van der Waals surface area contributed by atoms with Gasteiger partial charge in [0.1, 0.15) is 0 Å². The van der Waals surface area contributed by atoms with Gasteiger partial charge in [-0.2, -0.15) is 0 Å². The second kappa shape index (κ2) is 8.53. The van der Waals surface area contributed by atoms with Crippen molar-refractivity contribution in [2.45, 2.75) is 19.4 Å². The van der Waals surface area contributed by atoms with E-state index in [9.17, 15) is 18.4 Å². The average Bonchev–Trinajstić information content (AvgIpc) is 2.73. The van der Waals surface area contributed by atoms with Crippen molar-refractivity contribution in [1.29, 1.82) is 0 Å². The van der Waals surface area contributed by atoms with Crippen molar-refractivity contribution >= 4 is 28.1 Å². The van der Waals surface area contributed by atoms with E-state index in [1.807, 2.05) is 24.3 Å². The van der Waals surface area contributed by atoms with Crippen LogP contribution in [0.1, 0.15) is 18.4 Å². The van der Waals surface area contributed by atoms with Crippen LogP contribution in [-0.4, -0.2) is 34.1 Å². The molecule has 0 unspecified atom stereocenters. The molecular weight excluding hydrogens is 412 g/mol. The molecule has 0 spiro atoms. The second-order valence-electron chi connectivity index (χ2n) is 7.34. The molecule has 2 heterocycles. The summed E-state index contributed by atoms with van der Waals surface area (Å²) in [5, 5.41) is 0.672. The molecule has 0 aliphatic carbocycles. The molecule has 2 aromatic carbocycles. The van der Waals surface area contributed by atoms with E-state index in [4.69, 9.17) is 11.6 Å². The van der Waals surface area contributed by atoms with Gasteiger partial charge < -0.3 is 4.98 Å². The quantitative estimate of drug-likeness (QED) is 0.668. The number of H-pyrrole nitrogens is 1. The standard InChI is InChI=1S/C22H20ClF2N3O2/c23-16-4-2-14(3-5-16)15-6-10-27(11-7-15)8-1-9-28-21(29)17-12-18(24)19(25)13-20(17)26-22(28)30/h2-6,12-13H,1,7-11H2,(H,26,30). The molecule has 0 saturated heterocycles. The highest BCUT2D eigenvalue weighted by atomic mass is 35.5. The fourth-order valence-electron chi connectivity index (χ4n) is 3.74. The lowest BCUT2D eigenvalue weighted by Gasteiger charge is -2.26. The van der Waals surface area contributed by atoms with E-state index >= 15 is 0 Å². The molecule has 0 radical (unpaired) electrons. The van der Waals surface area contributed by atoms with Crippen molar-refractivity contribution in [3.05, 3.63) is 85.5 Å². The summed E-state index contributed by atoms with van der Waals surface area (Å²) >= 11 is 5.94. The topological polar surface area (TPSA) is 58.1 Å². The van der Waals surface area contributed by atoms with Gasteiger partial charge in [-0.1, -0.05) is 29.8 Å². The predicted octanol–water partition coefficient (Wildman–Crippen LogP) is 3.80. The van der Waals surface area contributed by atoms with Gasteiger partial charge in [-0.3, -0.25) is 14.3 Å². The minimum Gasteiger partial charge on any atom is -0.307 e. The molecule has 1 aromatic heterocycles. The number of aromatic amines is 1. The summed E-state index contributed by atoms with van der Waals surface area (Å²) in [5.74, 6) is -2.22. The smallest absolute Gasteiger partial charge is 0.307 e. The van der Waals surface area contributed by atoms with Crippen LogP contribution in [-0.2, 0) is 6.54 Å². The first kappa shape index (κ1) is 20.5. The molecule has 5 nitrogen and oxygen atoms in total. The molecule has 4 rings (SSSR count). The third kappa shape index (κ3) is 4.22. The Bertz CT molecular complexity index is 1230. The van der Waals surface area contributed by atoms with E-state index in [-0.39, 0.29) is 17.4 Å². The number of fused-ring (bicyclic) bond motifs is 1. The van der Waals surface area contributed by atoms with Gasteiger partial charge in [0.15, 0.2) is 11.6 Å². The van der Waals surface area contributed by atoms with Crippen LogP contribution in [0.15, 0.2) is 52.1 Å². The maximum Gasteiger partial charge on any atom is 0.328 e. The molecule has 0 fully saturated rings. The van der Waals surface area contributed by atoms with Gasteiger partial charge in [0.05, 0.1) is 10.9 Å². The van der Waals surface area contributed by atoms with Gasteiger partial charge in [0, 0.05) is 37.3 Å². The lowest BCUT2D eigenvalue weighted by molar-refractivity contribution is 0.290.